The SMILES string of the molecule is Cc1nc(OC(F)(F)F)c(CO)cc1[N+](=O)[O-]. The summed E-state index contributed by atoms with van der Waals surface area (Å²) in [6, 6.07) is 0.795. The molecule has 0 saturated carbocycles. The number of nitro groups is 1. The summed E-state index contributed by atoms with van der Waals surface area (Å²) in [5, 5.41) is 19.3. The first-order valence-corrected chi connectivity index (χ1v) is 4.26. The quantitative estimate of drug-likeness (QED) is 0.653. The number of hydrogen-bond donors (Lipinski definition) is 1. The molecule has 0 fully saturated rings. The van der Waals surface area contributed by atoms with E-state index in [1.54, 1.807) is 0 Å². The zero-order valence-electron chi connectivity index (χ0n) is 8.48. The van der Waals surface area contributed by atoms with E-state index in [0.29, 0.717) is 0 Å². The van der Waals surface area contributed by atoms with Crippen LogP contribution in [-0.2, 0) is 6.61 Å². The summed E-state index contributed by atoms with van der Waals surface area (Å²) in [6.07, 6.45) is -4.97. The third kappa shape index (κ3) is 3.28. The number of ether oxygens (including phenoxy) is 1. The molecular formula is C8H7F3N2O4. The Morgan fingerprint density at radius 1 is 1.59 bits per heavy atom. The number of aliphatic hydroxyl groups is 1. The normalized spacial score (nSPS) is 11.4. The molecule has 17 heavy (non-hydrogen) atoms. The van der Waals surface area contributed by atoms with E-state index in [4.69, 9.17) is 5.11 Å². The molecule has 1 aromatic heterocycles. The predicted molar refractivity (Wildman–Crippen MR) is 48.2 cm³/mol. The summed E-state index contributed by atoms with van der Waals surface area (Å²) in [6.45, 7) is 0.321. The van der Waals surface area contributed by atoms with Gasteiger partial charge in [-0.15, -0.1) is 13.2 Å². The van der Waals surface area contributed by atoms with Crippen LogP contribution in [0.2, 0.25) is 0 Å². The average Bonchev–Trinajstić information content (AvgIpc) is 2.14. The van der Waals surface area contributed by atoms with Crippen molar-refractivity contribution in [2.45, 2.75) is 19.9 Å². The number of aromatic nitrogens is 1. The number of aryl methyl sites for hydroxylation is 1. The molecule has 1 heterocycles. The molecule has 9 heteroatoms. The molecule has 0 unspecified atom stereocenters. The minimum atomic E-state index is -4.97. The van der Waals surface area contributed by atoms with E-state index in [9.17, 15) is 23.3 Å². The fourth-order valence-electron chi connectivity index (χ4n) is 1.11. The molecule has 1 rings (SSSR count). The molecule has 0 radical (unpaired) electrons. The van der Waals surface area contributed by atoms with Gasteiger partial charge >= 0.3 is 6.36 Å². The lowest BCUT2D eigenvalue weighted by molar-refractivity contribution is -0.385. The smallest absolute Gasteiger partial charge is 0.391 e. The van der Waals surface area contributed by atoms with Gasteiger partial charge in [0.05, 0.1) is 11.5 Å². The second-order valence-corrected chi connectivity index (χ2v) is 3.02. The van der Waals surface area contributed by atoms with Gasteiger partial charge in [0.2, 0.25) is 5.88 Å². The van der Waals surface area contributed by atoms with E-state index in [1.807, 2.05) is 0 Å². The highest BCUT2D eigenvalue weighted by Gasteiger charge is 2.33. The van der Waals surface area contributed by atoms with Crippen LogP contribution in [-0.4, -0.2) is 21.4 Å². The maximum Gasteiger partial charge on any atom is 0.574 e. The fraction of sp³-hybridized carbons (Fsp3) is 0.375. The minimum absolute atomic E-state index is 0.230. The lowest BCUT2D eigenvalue weighted by atomic mass is 10.2. The van der Waals surface area contributed by atoms with Gasteiger partial charge in [-0.25, -0.2) is 4.98 Å². The average molecular weight is 252 g/mol. The Morgan fingerprint density at radius 3 is 2.59 bits per heavy atom. The lowest BCUT2D eigenvalue weighted by Gasteiger charge is -2.11. The highest BCUT2D eigenvalue weighted by atomic mass is 19.4. The molecule has 0 aromatic carbocycles. The largest absolute Gasteiger partial charge is 0.574 e. The molecule has 1 aromatic rings. The van der Waals surface area contributed by atoms with Gasteiger partial charge in [-0.05, 0) is 6.92 Å². The molecule has 0 aliphatic carbocycles. The van der Waals surface area contributed by atoms with Crippen LogP contribution in [0.25, 0.3) is 0 Å². The van der Waals surface area contributed by atoms with Crippen LogP contribution in [0.3, 0.4) is 0 Å². The summed E-state index contributed by atoms with van der Waals surface area (Å²) in [7, 11) is 0. The first kappa shape index (κ1) is 13.2. The van der Waals surface area contributed by atoms with Crippen molar-refractivity contribution < 1.29 is 27.9 Å². The molecule has 94 valence electrons. The summed E-state index contributed by atoms with van der Waals surface area (Å²) >= 11 is 0. The first-order chi connectivity index (χ1) is 7.74. The Labute approximate surface area is 92.8 Å². The van der Waals surface area contributed by atoms with Crippen LogP contribution in [0.15, 0.2) is 6.07 Å². The minimum Gasteiger partial charge on any atom is -0.391 e. The lowest BCUT2D eigenvalue weighted by Crippen LogP contribution is -2.19. The Morgan fingerprint density at radius 2 is 2.18 bits per heavy atom. The molecule has 0 amide bonds. The van der Waals surface area contributed by atoms with Gasteiger partial charge in [0.25, 0.3) is 5.69 Å². The Hall–Kier alpha value is -1.90. The van der Waals surface area contributed by atoms with Crippen molar-refractivity contribution in [2.24, 2.45) is 0 Å². The highest BCUT2D eigenvalue weighted by Crippen LogP contribution is 2.29. The number of nitrogens with zero attached hydrogens (tertiary/aromatic N) is 2. The van der Waals surface area contributed by atoms with Gasteiger partial charge < -0.3 is 9.84 Å². The van der Waals surface area contributed by atoms with Crippen molar-refractivity contribution in [2.75, 3.05) is 0 Å². The first-order valence-electron chi connectivity index (χ1n) is 4.26. The molecule has 1 N–H and O–H groups in total. The van der Waals surface area contributed by atoms with Gasteiger partial charge in [0.15, 0.2) is 0 Å². The van der Waals surface area contributed by atoms with Crippen molar-refractivity contribution in [3.05, 3.63) is 27.4 Å². The second-order valence-electron chi connectivity index (χ2n) is 3.02. The van der Waals surface area contributed by atoms with E-state index in [2.05, 4.69) is 9.72 Å². The van der Waals surface area contributed by atoms with Crippen molar-refractivity contribution >= 4 is 5.69 Å². The van der Waals surface area contributed by atoms with E-state index in [1.165, 1.54) is 6.92 Å². The number of halogens is 3. The Kier molecular flexibility index (Phi) is 3.51. The number of rotatable bonds is 3. The van der Waals surface area contributed by atoms with Crippen LogP contribution >= 0.6 is 0 Å². The van der Waals surface area contributed by atoms with Gasteiger partial charge in [-0.2, -0.15) is 0 Å². The van der Waals surface area contributed by atoms with Crippen molar-refractivity contribution in [1.29, 1.82) is 0 Å². The van der Waals surface area contributed by atoms with Crippen LogP contribution < -0.4 is 4.74 Å². The molecular weight excluding hydrogens is 245 g/mol. The Bertz CT molecular complexity index is 447. The molecule has 0 bridgehead atoms. The predicted octanol–water partition coefficient (Wildman–Crippen LogP) is 1.69. The topological polar surface area (TPSA) is 85.5 Å². The van der Waals surface area contributed by atoms with E-state index in [-0.39, 0.29) is 5.69 Å². The fourth-order valence-corrected chi connectivity index (χ4v) is 1.11. The van der Waals surface area contributed by atoms with Crippen molar-refractivity contribution in [3.63, 3.8) is 0 Å². The number of alkyl halides is 3. The number of hydrogen-bond acceptors (Lipinski definition) is 5. The third-order valence-electron chi connectivity index (χ3n) is 1.81. The van der Waals surface area contributed by atoms with Crippen LogP contribution in [0.4, 0.5) is 18.9 Å². The maximum atomic E-state index is 12.0. The van der Waals surface area contributed by atoms with Crippen LogP contribution in [0.5, 0.6) is 5.88 Å². The summed E-state index contributed by atoms with van der Waals surface area (Å²) in [5.41, 5.74) is -1.12. The zero-order chi connectivity index (χ0) is 13.2. The molecule has 0 saturated heterocycles. The molecule has 0 aliphatic heterocycles. The summed E-state index contributed by atoms with van der Waals surface area (Å²) < 4.78 is 39.5. The molecule has 0 aliphatic rings. The molecule has 0 atom stereocenters. The van der Waals surface area contributed by atoms with Gasteiger partial charge in [0, 0.05) is 11.6 Å². The van der Waals surface area contributed by atoms with Gasteiger partial charge in [0.1, 0.15) is 5.69 Å². The number of aliphatic hydroxyl groups excluding tert-OH is 1. The molecule has 0 spiro atoms. The second kappa shape index (κ2) is 4.53. The van der Waals surface area contributed by atoms with Gasteiger partial charge in [-0.3, -0.25) is 10.1 Å². The summed E-state index contributed by atoms with van der Waals surface area (Å²) in [4.78, 5) is 13.0. The van der Waals surface area contributed by atoms with Crippen LogP contribution in [0.1, 0.15) is 11.3 Å². The summed E-state index contributed by atoms with van der Waals surface area (Å²) in [5.74, 6) is -0.886. The highest BCUT2D eigenvalue weighted by molar-refractivity contribution is 5.42. The van der Waals surface area contributed by atoms with Crippen LogP contribution in [0, 0.1) is 17.0 Å². The van der Waals surface area contributed by atoms with E-state index < -0.39 is 35.0 Å². The molecule has 6 nitrogen and oxygen atoms in total. The standard InChI is InChI=1S/C8H7F3N2O4/c1-4-6(13(15)16)2-5(3-14)7(12-4)17-8(9,10)11/h2,14H,3H2,1H3. The van der Waals surface area contributed by atoms with Crippen molar-refractivity contribution in [3.8, 4) is 5.88 Å². The maximum absolute atomic E-state index is 12.0. The number of pyridine rings is 1. The zero-order valence-corrected chi connectivity index (χ0v) is 8.48. The van der Waals surface area contributed by atoms with Crippen molar-refractivity contribution in [1.82, 2.24) is 4.98 Å². The van der Waals surface area contributed by atoms with Gasteiger partial charge in [-0.1, -0.05) is 0 Å². The monoisotopic (exact) mass is 252 g/mol. The van der Waals surface area contributed by atoms with E-state index >= 15 is 0 Å². The third-order valence-corrected chi connectivity index (χ3v) is 1.81. The van der Waals surface area contributed by atoms with E-state index in [0.717, 1.165) is 6.07 Å². The Balaban J connectivity index is 3.24.